The first-order valence-corrected chi connectivity index (χ1v) is 11.2. The summed E-state index contributed by atoms with van der Waals surface area (Å²) < 4.78 is 6.73. The minimum Gasteiger partial charge on any atom is -0.494 e. The lowest BCUT2D eigenvalue weighted by Gasteiger charge is -2.18. The van der Waals surface area contributed by atoms with Crippen molar-refractivity contribution in [2.45, 2.75) is 26.2 Å². The fraction of sp³-hybridized carbons (Fsp3) is 0.417. The summed E-state index contributed by atoms with van der Waals surface area (Å²) in [5, 5.41) is 2.66. The van der Waals surface area contributed by atoms with Gasteiger partial charge in [0, 0.05) is 45.0 Å². The van der Waals surface area contributed by atoms with Crippen LogP contribution in [0.1, 0.15) is 36.5 Å². The second-order valence-corrected chi connectivity index (χ2v) is 8.38. The lowest BCUT2D eigenvalue weighted by Crippen LogP contribution is -2.32. The van der Waals surface area contributed by atoms with Crippen molar-refractivity contribution in [2.24, 2.45) is 13.0 Å². The van der Waals surface area contributed by atoms with Crippen LogP contribution < -0.4 is 20.5 Å². The Balaban J connectivity index is 1.47. The summed E-state index contributed by atoms with van der Waals surface area (Å²) >= 11 is 0. The molecule has 2 aliphatic rings. The van der Waals surface area contributed by atoms with E-state index in [9.17, 15) is 19.2 Å². The molecule has 1 N–H and O–H groups in total. The average Bonchev–Trinajstić information content (AvgIpc) is 3.47. The zero-order chi connectivity index (χ0) is 23.5. The second kappa shape index (κ2) is 9.48. The van der Waals surface area contributed by atoms with Crippen LogP contribution in [0, 0.1) is 5.92 Å². The van der Waals surface area contributed by atoms with Crippen molar-refractivity contribution in [3.8, 4) is 5.75 Å². The zero-order valence-electron chi connectivity index (χ0n) is 18.9. The predicted molar refractivity (Wildman–Crippen MR) is 124 cm³/mol. The van der Waals surface area contributed by atoms with Crippen molar-refractivity contribution in [1.29, 1.82) is 0 Å². The maximum absolute atomic E-state index is 12.9. The number of aryl methyl sites for hydroxylation is 1. The van der Waals surface area contributed by atoms with Crippen LogP contribution in [0.3, 0.4) is 0 Å². The zero-order valence-corrected chi connectivity index (χ0v) is 18.9. The number of aromatic nitrogens is 1. The number of pyridine rings is 1. The third-order valence-corrected chi connectivity index (χ3v) is 6.04. The standard InChI is InChI=1S/C24H28N4O5/c1-3-33-19-8-6-18(7-9-19)28-15-16(13-21(28)29)22(30)25-20-12-17(14-26(2)24(20)32)23(31)27-10-4-5-11-27/h6-9,12,14,16H,3-5,10-11,13,15H2,1-2H3,(H,25,30). The summed E-state index contributed by atoms with van der Waals surface area (Å²) in [6, 6.07) is 8.57. The van der Waals surface area contributed by atoms with Gasteiger partial charge in [0.05, 0.1) is 18.1 Å². The summed E-state index contributed by atoms with van der Waals surface area (Å²) in [5.74, 6) is -0.630. The van der Waals surface area contributed by atoms with E-state index in [0.717, 1.165) is 12.8 Å². The van der Waals surface area contributed by atoms with Crippen LogP contribution in [0.2, 0.25) is 0 Å². The minimum atomic E-state index is -0.605. The Bertz CT molecular complexity index is 1120. The number of benzene rings is 1. The molecule has 2 saturated heterocycles. The molecule has 2 fully saturated rings. The molecule has 3 heterocycles. The first kappa shape index (κ1) is 22.6. The maximum atomic E-state index is 12.9. The number of rotatable bonds is 6. The Labute approximate surface area is 191 Å². The number of nitrogens with one attached hydrogen (secondary N) is 1. The fourth-order valence-corrected chi connectivity index (χ4v) is 4.28. The van der Waals surface area contributed by atoms with Gasteiger partial charge < -0.3 is 24.4 Å². The first-order chi connectivity index (χ1) is 15.9. The number of hydrogen-bond acceptors (Lipinski definition) is 5. The van der Waals surface area contributed by atoms with Gasteiger partial charge in [-0.2, -0.15) is 0 Å². The van der Waals surface area contributed by atoms with Crippen LogP contribution in [0.4, 0.5) is 11.4 Å². The van der Waals surface area contributed by atoms with Crippen LogP contribution in [0.5, 0.6) is 5.75 Å². The third-order valence-electron chi connectivity index (χ3n) is 6.04. The Morgan fingerprint density at radius 2 is 1.82 bits per heavy atom. The number of hydrogen-bond donors (Lipinski definition) is 1. The smallest absolute Gasteiger partial charge is 0.274 e. The summed E-state index contributed by atoms with van der Waals surface area (Å²) in [6.45, 7) is 4.04. The first-order valence-electron chi connectivity index (χ1n) is 11.2. The van der Waals surface area contributed by atoms with Gasteiger partial charge in [-0.25, -0.2) is 0 Å². The molecule has 33 heavy (non-hydrogen) atoms. The molecule has 9 nitrogen and oxygen atoms in total. The average molecular weight is 453 g/mol. The van der Waals surface area contributed by atoms with E-state index in [-0.39, 0.29) is 30.5 Å². The normalized spacial score (nSPS) is 18.0. The van der Waals surface area contributed by atoms with E-state index >= 15 is 0 Å². The quantitative estimate of drug-likeness (QED) is 0.723. The van der Waals surface area contributed by atoms with E-state index in [4.69, 9.17) is 4.74 Å². The molecule has 2 aromatic rings. The fourth-order valence-electron chi connectivity index (χ4n) is 4.28. The summed E-state index contributed by atoms with van der Waals surface area (Å²) in [4.78, 5) is 54.1. The number of ether oxygens (including phenoxy) is 1. The monoisotopic (exact) mass is 452 g/mol. The summed E-state index contributed by atoms with van der Waals surface area (Å²) in [7, 11) is 1.55. The van der Waals surface area contributed by atoms with Gasteiger partial charge in [0.2, 0.25) is 11.8 Å². The van der Waals surface area contributed by atoms with E-state index in [0.29, 0.717) is 36.7 Å². The molecule has 1 atom stereocenters. The maximum Gasteiger partial charge on any atom is 0.274 e. The van der Waals surface area contributed by atoms with Crippen molar-refractivity contribution < 1.29 is 19.1 Å². The van der Waals surface area contributed by atoms with E-state index in [1.54, 1.807) is 41.1 Å². The van der Waals surface area contributed by atoms with Gasteiger partial charge in [0.1, 0.15) is 11.4 Å². The molecule has 174 valence electrons. The van der Waals surface area contributed by atoms with Gasteiger partial charge in [-0.05, 0) is 50.1 Å². The number of amides is 3. The lowest BCUT2D eigenvalue weighted by molar-refractivity contribution is -0.122. The highest BCUT2D eigenvalue weighted by Crippen LogP contribution is 2.27. The Hall–Kier alpha value is -3.62. The molecule has 3 amide bonds. The minimum absolute atomic E-state index is 0.0412. The predicted octanol–water partition coefficient (Wildman–Crippen LogP) is 2.01. The van der Waals surface area contributed by atoms with Crippen molar-refractivity contribution in [2.75, 3.05) is 36.5 Å². The highest BCUT2D eigenvalue weighted by Gasteiger charge is 2.35. The van der Waals surface area contributed by atoms with Gasteiger partial charge >= 0.3 is 0 Å². The van der Waals surface area contributed by atoms with Gasteiger partial charge in [-0.15, -0.1) is 0 Å². The number of nitrogens with zero attached hydrogens (tertiary/aromatic N) is 3. The molecule has 1 aromatic carbocycles. The number of likely N-dealkylation sites (tertiary alicyclic amines) is 1. The van der Waals surface area contributed by atoms with E-state index in [1.165, 1.54) is 16.8 Å². The molecule has 0 radical (unpaired) electrons. The summed E-state index contributed by atoms with van der Waals surface area (Å²) in [5.41, 5.74) is 0.675. The van der Waals surface area contributed by atoms with E-state index < -0.39 is 17.4 Å². The van der Waals surface area contributed by atoms with Crippen molar-refractivity contribution >= 4 is 29.1 Å². The molecular formula is C24H28N4O5. The molecular weight excluding hydrogens is 424 g/mol. The largest absolute Gasteiger partial charge is 0.494 e. The SMILES string of the molecule is CCOc1ccc(N2CC(C(=O)Nc3cc(C(=O)N4CCCC4)cn(C)c3=O)CC2=O)cc1. The molecule has 0 bridgehead atoms. The molecule has 2 aliphatic heterocycles. The topological polar surface area (TPSA) is 101 Å². The molecule has 9 heteroatoms. The molecule has 1 unspecified atom stereocenters. The second-order valence-electron chi connectivity index (χ2n) is 8.38. The van der Waals surface area contributed by atoms with Gasteiger partial charge in [0.15, 0.2) is 0 Å². The number of carbonyl (C=O) groups is 3. The van der Waals surface area contributed by atoms with Crippen LogP contribution in [0.15, 0.2) is 41.3 Å². The highest BCUT2D eigenvalue weighted by molar-refractivity contribution is 6.04. The lowest BCUT2D eigenvalue weighted by atomic mass is 10.1. The van der Waals surface area contributed by atoms with E-state index in [2.05, 4.69) is 5.32 Å². The molecule has 1 aromatic heterocycles. The van der Waals surface area contributed by atoms with Crippen LogP contribution in [0.25, 0.3) is 0 Å². The molecule has 0 spiro atoms. The molecule has 0 aliphatic carbocycles. The van der Waals surface area contributed by atoms with Crippen LogP contribution in [-0.4, -0.2) is 53.4 Å². The van der Waals surface area contributed by atoms with Gasteiger partial charge in [-0.3, -0.25) is 19.2 Å². The number of carbonyl (C=O) groups excluding carboxylic acids is 3. The van der Waals surface area contributed by atoms with Gasteiger partial charge in [0.25, 0.3) is 11.5 Å². The number of anilines is 2. The van der Waals surface area contributed by atoms with Crippen LogP contribution in [-0.2, 0) is 16.6 Å². The van der Waals surface area contributed by atoms with Crippen molar-refractivity contribution in [3.05, 3.63) is 52.4 Å². The summed E-state index contributed by atoms with van der Waals surface area (Å²) in [6.07, 6.45) is 3.46. The third kappa shape index (κ3) is 4.76. The van der Waals surface area contributed by atoms with E-state index in [1.807, 2.05) is 6.92 Å². The van der Waals surface area contributed by atoms with Crippen molar-refractivity contribution in [1.82, 2.24) is 9.47 Å². The molecule has 4 rings (SSSR count). The molecule has 0 saturated carbocycles. The van der Waals surface area contributed by atoms with Crippen LogP contribution >= 0.6 is 0 Å². The Kier molecular flexibility index (Phi) is 6.48. The Morgan fingerprint density at radius 3 is 2.48 bits per heavy atom. The van der Waals surface area contributed by atoms with Gasteiger partial charge in [-0.1, -0.05) is 0 Å². The Morgan fingerprint density at radius 1 is 1.12 bits per heavy atom. The highest BCUT2D eigenvalue weighted by atomic mass is 16.5. The van der Waals surface area contributed by atoms with Crippen molar-refractivity contribution in [3.63, 3.8) is 0 Å².